The van der Waals surface area contributed by atoms with Gasteiger partial charge in [0.15, 0.2) is 6.10 Å². The fraction of sp³-hybridized carbons (Fsp3) is 0.529. The molecule has 1 amide bonds. The van der Waals surface area contributed by atoms with Gasteiger partial charge in [0.25, 0.3) is 5.91 Å². The van der Waals surface area contributed by atoms with E-state index in [2.05, 4.69) is 0 Å². The molecule has 0 aliphatic carbocycles. The number of likely N-dealkylation sites (tertiary alicyclic amines) is 1. The molecule has 1 aromatic rings. The van der Waals surface area contributed by atoms with Crippen LogP contribution in [0, 0.1) is 18.8 Å². The molecule has 0 spiro atoms. The van der Waals surface area contributed by atoms with Gasteiger partial charge in [-0.05, 0) is 37.0 Å². The zero-order valence-electron chi connectivity index (χ0n) is 13.3. The first-order valence-corrected chi connectivity index (χ1v) is 7.67. The lowest BCUT2D eigenvalue weighted by Crippen LogP contribution is -2.41. The van der Waals surface area contributed by atoms with Crippen molar-refractivity contribution in [2.75, 3.05) is 13.1 Å². The predicted molar refractivity (Wildman–Crippen MR) is 82.8 cm³/mol. The molecule has 0 bridgehead atoms. The van der Waals surface area contributed by atoms with Crippen molar-refractivity contribution in [2.45, 2.75) is 33.3 Å². The maximum Gasteiger partial charge on any atom is 0.308 e. The van der Waals surface area contributed by atoms with E-state index in [9.17, 15) is 14.7 Å². The van der Waals surface area contributed by atoms with Gasteiger partial charge in [-0.2, -0.15) is 0 Å². The molecule has 22 heavy (non-hydrogen) atoms. The van der Waals surface area contributed by atoms with Gasteiger partial charge in [0.2, 0.25) is 0 Å². The second-order valence-corrected chi connectivity index (χ2v) is 6.00. The minimum atomic E-state index is -0.838. The van der Waals surface area contributed by atoms with Crippen LogP contribution in [0.1, 0.15) is 25.8 Å². The summed E-state index contributed by atoms with van der Waals surface area (Å²) in [7, 11) is 0. The highest BCUT2D eigenvalue weighted by Crippen LogP contribution is 2.25. The highest BCUT2D eigenvalue weighted by molar-refractivity contribution is 5.83. The number of hydrogen-bond donors (Lipinski definition) is 1. The summed E-state index contributed by atoms with van der Waals surface area (Å²) < 4.78 is 5.81. The number of carboxylic acid groups (broad SMARTS) is 1. The Morgan fingerprint density at radius 1 is 1.41 bits per heavy atom. The molecular weight excluding hydrogens is 282 g/mol. The van der Waals surface area contributed by atoms with Gasteiger partial charge in [-0.3, -0.25) is 9.59 Å². The Hall–Kier alpha value is -2.04. The number of ether oxygens (including phenoxy) is 1. The number of aryl methyl sites for hydroxylation is 1. The van der Waals surface area contributed by atoms with Crippen molar-refractivity contribution in [1.29, 1.82) is 0 Å². The fourth-order valence-electron chi connectivity index (χ4n) is 2.83. The van der Waals surface area contributed by atoms with E-state index < -0.39 is 18.0 Å². The van der Waals surface area contributed by atoms with Crippen molar-refractivity contribution in [3.8, 4) is 5.75 Å². The summed E-state index contributed by atoms with van der Waals surface area (Å²) >= 11 is 0. The van der Waals surface area contributed by atoms with Crippen LogP contribution in [0.25, 0.3) is 0 Å². The molecule has 1 aliphatic heterocycles. The highest BCUT2D eigenvalue weighted by Gasteiger charge is 2.39. The molecule has 3 atom stereocenters. The average molecular weight is 305 g/mol. The van der Waals surface area contributed by atoms with Crippen molar-refractivity contribution >= 4 is 11.9 Å². The molecule has 1 heterocycles. The van der Waals surface area contributed by atoms with Gasteiger partial charge in [0, 0.05) is 13.1 Å². The van der Waals surface area contributed by atoms with E-state index in [0.717, 1.165) is 5.56 Å². The Labute approximate surface area is 130 Å². The zero-order chi connectivity index (χ0) is 16.3. The minimum Gasteiger partial charge on any atom is -0.481 e. The number of carbonyl (C=O) groups excluding carboxylic acids is 1. The van der Waals surface area contributed by atoms with Crippen LogP contribution in [-0.2, 0) is 9.59 Å². The maximum absolute atomic E-state index is 12.6. The van der Waals surface area contributed by atoms with Gasteiger partial charge >= 0.3 is 5.97 Å². The molecule has 120 valence electrons. The second kappa shape index (κ2) is 6.81. The predicted octanol–water partition coefficient (Wildman–Crippen LogP) is 2.33. The van der Waals surface area contributed by atoms with Gasteiger partial charge in [-0.25, -0.2) is 0 Å². The summed E-state index contributed by atoms with van der Waals surface area (Å²) in [5, 5.41) is 9.18. The van der Waals surface area contributed by atoms with E-state index in [1.165, 1.54) is 0 Å². The third-order valence-electron chi connectivity index (χ3n) is 4.16. The van der Waals surface area contributed by atoms with E-state index in [0.29, 0.717) is 18.7 Å². The standard InChI is InChI=1S/C17H23NO4/c1-4-15(22-13-7-5-6-11(2)8-13)16(19)18-9-12(3)14(10-18)17(20)21/h5-8,12,14-15H,4,9-10H2,1-3H3,(H,20,21)/t12-,14-,15?/m1/s1. The summed E-state index contributed by atoms with van der Waals surface area (Å²) in [4.78, 5) is 25.4. The zero-order valence-corrected chi connectivity index (χ0v) is 13.3. The topological polar surface area (TPSA) is 66.8 Å². The number of hydrogen-bond acceptors (Lipinski definition) is 3. The molecule has 1 unspecified atom stereocenters. The maximum atomic E-state index is 12.6. The molecule has 1 aliphatic rings. The number of carboxylic acids is 1. The molecule has 1 fully saturated rings. The van der Waals surface area contributed by atoms with E-state index in [-0.39, 0.29) is 18.4 Å². The van der Waals surface area contributed by atoms with Gasteiger partial charge < -0.3 is 14.7 Å². The van der Waals surface area contributed by atoms with E-state index in [4.69, 9.17) is 4.74 Å². The number of nitrogens with zero attached hydrogens (tertiary/aromatic N) is 1. The van der Waals surface area contributed by atoms with E-state index in [1.54, 1.807) is 4.90 Å². The molecule has 0 saturated carbocycles. The quantitative estimate of drug-likeness (QED) is 0.906. The second-order valence-electron chi connectivity index (χ2n) is 6.00. The van der Waals surface area contributed by atoms with Crippen LogP contribution in [0.3, 0.4) is 0 Å². The van der Waals surface area contributed by atoms with Gasteiger partial charge in [-0.1, -0.05) is 26.0 Å². The largest absolute Gasteiger partial charge is 0.481 e. The van der Waals surface area contributed by atoms with Crippen LogP contribution in [0.2, 0.25) is 0 Å². The Morgan fingerprint density at radius 2 is 2.14 bits per heavy atom. The molecule has 5 nitrogen and oxygen atoms in total. The smallest absolute Gasteiger partial charge is 0.308 e. The van der Waals surface area contributed by atoms with Gasteiger partial charge in [0.05, 0.1) is 5.92 Å². The summed E-state index contributed by atoms with van der Waals surface area (Å²) in [5.74, 6) is -0.810. The summed E-state index contributed by atoms with van der Waals surface area (Å²) in [5.41, 5.74) is 1.07. The van der Waals surface area contributed by atoms with Gasteiger partial charge in [0.1, 0.15) is 5.75 Å². The monoisotopic (exact) mass is 305 g/mol. The molecule has 1 N–H and O–H groups in total. The van der Waals surface area contributed by atoms with Crippen LogP contribution >= 0.6 is 0 Å². The molecular formula is C17H23NO4. The Morgan fingerprint density at radius 3 is 2.68 bits per heavy atom. The third-order valence-corrected chi connectivity index (χ3v) is 4.16. The Bertz CT molecular complexity index is 557. The van der Waals surface area contributed by atoms with E-state index >= 15 is 0 Å². The lowest BCUT2D eigenvalue weighted by atomic mass is 9.99. The average Bonchev–Trinajstić information content (AvgIpc) is 2.86. The van der Waals surface area contributed by atoms with Crippen LogP contribution in [-0.4, -0.2) is 41.1 Å². The van der Waals surface area contributed by atoms with Gasteiger partial charge in [-0.15, -0.1) is 0 Å². The highest BCUT2D eigenvalue weighted by atomic mass is 16.5. The number of amides is 1. The summed E-state index contributed by atoms with van der Waals surface area (Å²) in [6, 6.07) is 7.58. The van der Waals surface area contributed by atoms with Crippen LogP contribution in [0.15, 0.2) is 24.3 Å². The normalized spacial score (nSPS) is 22.4. The first-order valence-electron chi connectivity index (χ1n) is 7.67. The van der Waals surface area contributed by atoms with E-state index in [1.807, 2.05) is 45.0 Å². The van der Waals surface area contributed by atoms with Crippen LogP contribution in [0.4, 0.5) is 0 Å². The van der Waals surface area contributed by atoms with Crippen molar-refractivity contribution in [3.63, 3.8) is 0 Å². The Kier molecular flexibility index (Phi) is 5.06. The Balaban J connectivity index is 2.05. The summed E-state index contributed by atoms with van der Waals surface area (Å²) in [6.45, 7) is 6.47. The lowest BCUT2D eigenvalue weighted by molar-refractivity contribution is -0.142. The SMILES string of the molecule is CCC(Oc1cccc(C)c1)C(=O)N1C[C@@H](C)[C@H](C(=O)O)C1. The molecule has 2 rings (SSSR count). The lowest BCUT2D eigenvalue weighted by Gasteiger charge is -2.23. The summed E-state index contributed by atoms with van der Waals surface area (Å²) in [6.07, 6.45) is -0.0170. The van der Waals surface area contributed by atoms with Crippen LogP contribution in [0.5, 0.6) is 5.75 Å². The van der Waals surface area contributed by atoms with Crippen LogP contribution < -0.4 is 4.74 Å². The van der Waals surface area contributed by atoms with Crippen molar-refractivity contribution in [1.82, 2.24) is 4.90 Å². The molecule has 0 radical (unpaired) electrons. The number of aliphatic carboxylic acids is 1. The number of benzene rings is 1. The molecule has 1 saturated heterocycles. The third kappa shape index (κ3) is 3.59. The first-order chi connectivity index (χ1) is 10.4. The first kappa shape index (κ1) is 16.3. The fourth-order valence-corrected chi connectivity index (χ4v) is 2.83. The molecule has 0 aromatic heterocycles. The van der Waals surface area contributed by atoms with Crippen molar-refractivity contribution in [2.24, 2.45) is 11.8 Å². The molecule has 5 heteroatoms. The number of rotatable bonds is 5. The molecule has 1 aromatic carbocycles. The minimum absolute atomic E-state index is 0.0297. The van der Waals surface area contributed by atoms with Crippen molar-refractivity contribution < 1.29 is 19.4 Å². The van der Waals surface area contributed by atoms with Crippen molar-refractivity contribution in [3.05, 3.63) is 29.8 Å². The number of carbonyl (C=O) groups is 2.